The van der Waals surface area contributed by atoms with Gasteiger partial charge in [0.25, 0.3) is 0 Å². The molecule has 0 saturated carbocycles. The van der Waals surface area contributed by atoms with Gasteiger partial charge in [0.1, 0.15) is 0 Å². The van der Waals surface area contributed by atoms with Gasteiger partial charge in [0.05, 0.1) is 5.69 Å². The highest BCUT2D eigenvalue weighted by Crippen LogP contribution is 2.17. The number of anilines is 1. The summed E-state index contributed by atoms with van der Waals surface area (Å²) >= 11 is 8.86. The predicted octanol–water partition coefficient (Wildman–Crippen LogP) is 1.63. The lowest BCUT2D eigenvalue weighted by Gasteiger charge is -2.04. The van der Waals surface area contributed by atoms with Crippen LogP contribution in [0, 0.1) is 0 Å². The Morgan fingerprint density at radius 2 is 2.09 bits per heavy atom. The number of nitrogens with one attached hydrogen (secondary N) is 1. The molecule has 0 atom stereocenters. The fourth-order valence-corrected chi connectivity index (χ4v) is 1.04. The lowest BCUT2D eigenvalue weighted by Crippen LogP contribution is -2.19. The van der Waals surface area contributed by atoms with Crippen LogP contribution in [0.1, 0.15) is 0 Å². The van der Waals surface area contributed by atoms with Crippen molar-refractivity contribution in [3.05, 3.63) is 24.3 Å². The number of rotatable bonds is 1. The van der Waals surface area contributed by atoms with Crippen LogP contribution in [0.2, 0.25) is 0 Å². The third-order valence-corrected chi connectivity index (χ3v) is 1.65. The average Bonchev–Trinajstić information content (AvgIpc) is 1.93. The van der Waals surface area contributed by atoms with Gasteiger partial charge < -0.3 is 11.1 Å². The molecule has 1 aromatic rings. The van der Waals surface area contributed by atoms with Crippen molar-refractivity contribution in [1.82, 2.24) is 0 Å². The summed E-state index contributed by atoms with van der Waals surface area (Å²) in [7, 11) is 0. The second-order valence-electron chi connectivity index (χ2n) is 2.01. The smallest absolute Gasteiger partial charge is 0.168 e. The first kappa shape index (κ1) is 8.36. The van der Waals surface area contributed by atoms with E-state index in [9.17, 15) is 0 Å². The zero-order valence-corrected chi connectivity index (χ0v) is 7.45. The van der Waals surface area contributed by atoms with E-state index in [1.807, 2.05) is 24.3 Å². The number of nitrogens with two attached hydrogens (primary N) is 1. The summed E-state index contributed by atoms with van der Waals surface area (Å²) in [5.74, 6) is 0. The molecule has 0 bridgehead atoms. The van der Waals surface area contributed by atoms with Crippen LogP contribution in [0.3, 0.4) is 0 Å². The second kappa shape index (κ2) is 3.59. The molecule has 0 amide bonds. The minimum absolute atomic E-state index is 0.256. The van der Waals surface area contributed by atoms with Gasteiger partial charge in [-0.3, -0.25) is 0 Å². The van der Waals surface area contributed by atoms with Crippen molar-refractivity contribution in [2.45, 2.75) is 4.90 Å². The third kappa shape index (κ3) is 2.40. The quantitative estimate of drug-likeness (QED) is 0.459. The molecule has 0 unspecified atom stereocenters. The van der Waals surface area contributed by atoms with Gasteiger partial charge in [0, 0.05) is 4.90 Å². The fourth-order valence-electron chi connectivity index (χ4n) is 0.712. The standard InChI is InChI=1S/C7H8N2S2/c8-7(11)9-5-3-1-2-4-6(5)10/h1-4,10H,(H3,8,9,11). The van der Waals surface area contributed by atoms with Crippen molar-refractivity contribution < 1.29 is 0 Å². The van der Waals surface area contributed by atoms with Crippen molar-refractivity contribution in [1.29, 1.82) is 0 Å². The molecule has 3 N–H and O–H groups in total. The van der Waals surface area contributed by atoms with Crippen molar-refractivity contribution in [3.63, 3.8) is 0 Å². The molecule has 1 aromatic carbocycles. The van der Waals surface area contributed by atoms with E-state index in [1.165, 1.54) is 0 Å². The number of thiol groups is 1. The monoisotopic (exact) mass is 184 g/mol. The SMILES string of the molecule is NC(=S)Nc1ccccc1S. The summed E-state index contributed by atoms with van der Waals surface area (Å²) < 4.78 is 0. The van der Waals surface area contributed by atoms with Gasteiger partial charge in [-0.25, -0.2) is 0 Å². The van der Waals surface area contributed by atoms with E-state index in [4.69, 9.17) is 5.73 Å². The molecule has 0 aliphatic carbocycles. The van der Waals surface area contributed by atoms with Crippen LogP contribution >= 0.6 is 24.8 Å². The number of para-hydroxylation sites is 1. The van der Waals surface area contributed by atoms with Crippen LogP contribution in [0.4, 0.5) is 5.69 Å². The minimum atomic E-state index is 0.256. The molecule has 0 aliphatic rings. The summed E-state index contributed by atoms with van der Waals surface area (Å²) in [6.45, 7) is 0. The van der Waals surface area contributed by atoms with Crippen LogP contribution in [0.25, 0.3) is 0 Å². The summed E-state index contributed by atoms with van der Waals surface area (Å²) in [6.07, 6.45) is 0. The summed E-state index contributed by atoms with van der Waals surface area (Å²) in [5, 5.41) is 3.06. The van der Waals surface area contributed by atoms with E-state index in [0.717, 1.165) is 10.6 Å². The predicted molar refractivity (Wildman–Crippen MR) is 54.1 cm³/mol. The molecule has 1 rings (SSSR count). The van der Waals surface area contributed by atoms with Crippen molar-refractivity contribution in [2.75, 3.05) is 5.32 Å². The van der Waals surface area contributed by atoms with Crippen LogP contribution in [-0.2, 0) is 0 Å². The van der Waals surface area contributed by atoms with Gasteiger partial charge in [0.15, 0.2) is 5.11 Å². The van der Waals surface area contributed by atoms with E-state index < -0.39 is 0 Å². The lowest BCUT2D eigenvalue weighted by atomic mass is 10.3. The third-order valence-electron chi connectivity index (χ3n) is 1.16. The number of thiocarbonyl (C=S) groups is 1. The molecule has 0 aliphatic heterocycles. The summed E-state index contributed by atoms with van der Waals surface area (Å²) in [4.78, 5) is 0.834. The fraction of sp³-hybridized carbons (Fsp3) is 0. The Bertz CT molecular complexity index is 273. The maximum atomic E-state index is 5.28. The van der Waals surface area contributed by atoms with Crippen molar-refractivity contribution >= 4 is 35.6 Å². The van der Waals surface area contributed by atoms with Crippen LogP contribution in [0.15, 0.2) is 29.2 Å². The van der Waals surface area contributed by atoms with Crippen LogP contribution in [0.5, 0.6) is 0 Å². The Hall–Kier alpha value is -0.740. The van der Waals surface area contributed by atoms with E-state index in [2.05, 4.69) is 30.2 Å². The second-order valence-corrected chi connectivity index (χ2v) is 2.93. The topological polar surface area (TPSA) is 38.0 Å². The average molecular weight is 184 g/mol. The molecule has 0 fully saturated rings. The van der Waals surface area contributed by atoms with Crippen LogP contribution < -0.4 is 11.1 Å². The summed E-state index contributed by atoms with van der Waals surface area (Å²) in [5.41, 5.74) is 6.12. The first-order valence-electron chi connectivity index (χ1n) is 3.04. The maximum Gasteiger partial charge on any atom is 0.168 e. The van der Waals surface area contributed by atoms with Crippen molar-refractivity contribution in [2.24, 2.45) is 5.73 Å². The Kier molecular flexibility index (Phi) is 2.73. The molecule has 2 nitrogen and oxygen atoms in total. The highest BCUT2D eigenvalue weighted by molar-refractivity contribution is 7.81. The molecule has 0 spiro atoms. The Morgan fingerprint density at radius 1 is 1.45 bits per heavy atom. The Balaban J connectivity index is 2.86. The molecule has 0 aromatic heterocycles. The number of hydrogen-bond donors (Lipinski definition) is 3. The van der Waals surface area contributed by atoms with Gasteiger partial charge in [-0.2, -0.15) is 0 Å². The van der Waals surface area contributed by atoms with Gasteiger partial charge in [-0.1, -0.05) is 12.1 Å². The zero-order valence-electron chi connectivity index (χ0n) is 5.74. The Morgan fingerprint density at radius 3 is 2.64 bits per heavy atom. The molecule has 4 heteroatoms. The summed E-state index contributed by atoms with van der Waals surface area (Å²) in [6, 6.07) is 7.51. The Labute approximate surface area is 76.2 Å². The first-order valence-corrected chi connectivity index (χ1v) is 3.90. The normalized spacial score (nSPS) is 9.18. The minimum Gasteiger partial charge on any atom is -0.376 e. The van der Waals surface area contributed by atoms with Gasteiger partial charge in [-0.05, 0) is 24.4 Å². The zero-order chi connectivity index (χ0) is 8.27. The molecule has 0 saturated heterocycles. The van der Waals surface area contributed by atoms with E-state index in [0.29, 0.717) is 0 Å². The van der Waals surface area contributed by atoms with Gasteiger partial charge >= 0.3 is 0 Å². The molecular weight excluding hydrogens is 176 g/mol. The molecular formula is C7H8N2S2. The van der Waals surface area contributed by atoms with E-state index in [-0.39, 0.29) is 5.11 Å². The number of hydrogen-bond acceptors (Lipinski definition) is 2. The molecule has 58 valence electrons. The molecule has 0 radical (unpaired) electrons. The maximum absolute atomic E-state index is 5.28. The van der Waals surface area contributed by atoms with Crippen LogP contribution in [-0.4, -0.2) is 5.11 Å². The molecule has 11 heavy (non-hydrogen) atoms. The number of benzene rings is 1. The van der Waals surface area contributed by atoms with E-state index >= 15 is 0 Å². The highest BCUT2D eigenvalue weighted by atomic mass is 32.1. The van der Waals surface area contributed by atoms with Crippen molar-refractivity contribution in [3.8, 4) is 0 Å². The first-order chi connectivity index (χ1) is 5.20. The lowest BCUT2D eigenvalue weighted by molar-refractivity contribution is 1.45. The van der Waals surface area contributed by atoms with E-state index in [1.54, 1.807) is 0 Å². The highest BCUT2D eigenvalue weighted by Gasteiger charge is 1.95. The van der Waals surface area contributed by atoms with Gasteiger partial charge in [-0.15, -0.1) is 12.6 Å². The molecule has 0 heterocycles. The largest absolute Gasteiger partial charge is 0.376 e. The van der Waals surface area contributed by atoms with Gasteiger partial charge in [0.2, 0.25) is 0 Å².